The quantitative estimate of drug-likeness (QED) is 0.131. The number of fused-ring (bicyclic) bond motifs is 1. The number of rotatable bonds is 9. The third kappa shape index (κ3) is 6.79. The Morgan fingerprint density at radius 3 is 2.49 bits per heavy atom. The van der Waals surface area contributed by atoms with E-state index in [0.717, 1.165) is 17.8 Å². The van der Waals surface area contributed by atoms with Crippen LogP contribution in [0.1, 0.15) is 13.2 Å². The summed E-state index contributed by atoms with van der Waals surface area (Å²) in [6.45, 7) is -0.0297. The fourth-order valence-electron chi connectivity index (χ4n) is 3.00. The Bertz CT molecular complexity index is 1320. The average molecular weight is 565 g/mol. The van der Waals surface area contributed by atoms with Gasteiger partial charge in [-0.1, -0.05) is 0 Å². The first-order valence-electron chi connectivity index (χ1n) is 8.99. The van der Waals surface area contributed by atoms with Crippen molar-refractivity contribution in [1.29, 1.82) is 0 Å². The molecule has 0 bridgehead atoms. The number of nitrogens with two attached hydrogens (primary N) is 1. The summed E-state index contributed by atoms with van der Waals surface area (Å²) in [5.74, 6) is -1.16. The first-order valence-corrected chi connectivity index (χ1v) is 13.5. The molecule has 1 saturated heterocycles. The fraction of sp³-hybridized carbons (Fsp3) is 0.500. The van der Waals surface area contributed by atoms with Crippen LogP contribution in [0.5, 0.6) is 0 Å². The molecule has 0 saturated carbocycles. The number of ether oxygens (including phenoxy) is 2. The number of aromatic nitrogens is 4. The zero-order chi connectivity index (χ0) is 26.3. The van der Waals surface area contributed by atoms with E-state index in [9.17, 15) is 38.2 Å². The van der Waals surface area contributed by atoms with Gasteiger partial charge in [0.15, 0.2) is 23.5 Å². The topological polar surface area (TPSA) is 305 Å². The SMILES string of the molecule is CC(=O)O[C@@H]1[C@@H](O)[C@@H](COP(=O)(O)OP(=O)(O)OP(=O)(O)O)O[C@H]1n1cnc2c(=O)[nH]c(N)nc21. The summed E-state index contributed by atoms with van der Waals surface area (Å²) >= 11 is 0. The second kappa shape index (κ2) is 9.78. The molecule has 0 aromatic carbocycles. The molecule has 1 aliphatic heterocycles. The third-order valence-electron chi connectivity index (χ3n) is 4.16. The number of carbonyl (C=O) groups excluding carboxylic acids is 1. The van der Waals surface area contributed by atoms with Crippen LogP contribution in [0.3, 0.4) is 0 Å². The van der Waals surface area contributed by atoms with E-state index in [4.69, 9.17) is 25.0 Å². The minimum Gasteiger partial charge on any atom is -0.455 e. The Labute approximate surface area is 193 Å². The number of aliphatic hydroxyl groups excluding tert-OH is 1. The highest BCUT2D eigenvalue weighted by atomic mass is 31.3. The standard InChI is InChI=1S/C12H18N5O15P3/c1-4(18)29-8-7(19)5(2-28-34(24,25)32-35(26,27)31-33(21,22)23)30-11(8)17-3-14-6-9(17)15-12(13)16-10(6)20/h3,5,7-8,11,19H,2H2,1H3,(H,24,25)(H,26,27)(H2,21,22,23)(H3,13,15,16,20)/t5-,7+,8-,11-/m1/s1. The van der Waals surface area contributed by atoms with Gasteiger partial charge in [-0.25, -0.2) is 18.7 Å². The monoisotopic (exact) mass is 565 g/mol. The van der Waals surface area contributed by atoms with Crippen LogP contribution in [0.2, 0.25) is 0 Å². The molecular weight excluding hydrogens is 547 g/mol. The number of hydrogen-bond donors (Lipinski definition) is 7. The number of hydrogen-bond acceptors (Lipinski definition) is 14. The van der Waals surface area contributed by atoms with E-state index >= 15 is 0 Å². The highest BCUT2D eigenvalue weighted by molar-refractivity contribution is 7.66. The molecule has 196 valence electrons. The van der Waals surface area contributed by atoms with Crippen molar-refractivity contribution in [1.82, 2.24) is 19.5 Å². The van der Waals surface area contributed by atoms with Gasteiger partial charge in [0, 0.05) is 6.92 Å². The number of carbonyl (C=O) groups is 1. The lowest BCUT2D eigenvalue weighted by molar-refractivity contribution is -0.155. The van der Waals surface area contributed by atoms with Crippen LogP contribution in [0.15, 0.2) is 11.1 Å². The lowest BCUT2D eigenvalue weighted by atomic mass is 10.1. The molecule has 3 rings (SSSR count). The Balaban J connectivity index is 1.82. The van der Waals surface area contributed by atoms with Crippen molar-refractivity contribution in [2.75, 3.05) is 12.3 Å². The number of nitrogens with one attached hydrogen (secondary N) is 1. The summed E-state index contributed by atoms with van der Waals surface area (Å²) in [6.07, 6.45) is -5.16. The van der Waals surface area contributed by atoms with Crippen molar-refractivity contribution < 1.29 is 65.8 Å². The van der Waals surface area contributed by atoms with E-state index in [-0.39, 0.29) is 17.1 Å². The number of esters is 1. The van der Waals surface area contributed by atoms with Gasteiger partial charge in [0.05, 0.1) is 12.9 Å². The molecule has 3 heterocycles. The molecule has 35 heavy (non-hydrogen) atoms. The second-order valence-corrected chi connectivity index (χ2v) is 11.2. The first-order chi connectivity index (χ1) is 16.0. The van der Waals surface area contributed by atoms with Gasteiger partial charge in [-0.15, -0.1) is 0 Å². The summed E-state index contributed by atoms with van der Waals surface area (Å²) in [7, 11) is -16.9. The number of nitrogens with zero attached hydrogens (tertiary/aromatic N) is 3. The lowest BCUT2D eigenvalue weighted by Crippen LogP contribution is -2.36. The molecule has 0 aliphatic carbocycles. The van der Waals surface area contributed by atoms with E-state index in [1.165, 1.54) is 0 Å². The van der Waals surface area contributed by atoms with Crippen LogP contribution < -0.4 is 11.3 Å². The van der Waals surface area contributed by atoms with Crippen LogP contribution in [0.25, 0.3) is 11.2 Å². The molecule has 8 N–H and O–H groups in total. The number of aliphatic hydroxyl groups is 1. The molecule has 0 amide bonds. The summed E-state index contributed by atoms with van der Waals surface area (Å²) in [4.78, 5) is 69.4. The molecule has 2 unspecified atom stereocenters. The van der Waals surface area contributed by atoms with Gasteiger partial charge in [-0.3, -0.25) is 23.7 Å². The van der Waals surface area contributed by atoms with Gasteiger partial charge < -0.3 is 39.9 Å². The second-order valence-electron chi connectivity index (χ2n) is 6.79. The molecule has 20 nitrogen and oxygen atoms in total. The summed E-state index contributed by atoms with van der Waals surface area (Å²) in [5, 5.41) is 10.6. The van der Waals surface area contributed by atoms with E-state index in [2.05, 4.69) is 28.1 Å². The number of H-pyrrole nitrogens is 1. The molecule has 1 fully saturated rings. The third-order valence-corrected chi connectivity index (χ3v) is 7.96. The minimum atomic E-state index is -5.77. The normalized spacial score (nSPS) is 26.3. The Morgan fingerprint density at radius 1 is 1.23 bits per heavy atom. The van der Waals surface area contributed by atoms with Gasteiger partial charge in [-0.05, 0) is 0 Å². The number of nitrogen functional groups attached to an aromatic ring is 1. The van der Waals surface area contributed by atoms with Crippen molar-refractivity contribution >= 4 is 46.5 Å². The largest absolute Gasteiger partial charge is 0.490 e. The number of imidazole rings is 1. The lowest BCUT2D eigenvalue weighted by Gasteiger charge is -2.21. The van der Waals surface area contributed by atoms with Crippen LogP contribution in [-0.4, -0.2) is 75.1 Å². The van der Waals surface area contributed by atoms with E-state index < -0.39 is 66.1 Å². The molecule has 2 aromatic rings. The average Bonchev–Trinajstić information content (AvgIpc) is 3.19. The van der Waals surface area contributed by atoms with Crippen molar-refractivity contribution in [3.05, 3.63) is 16.7 Å². The highest BCUT2D eigenvalue weighted by Crippen LogP contribution is 2.66. The van der Waals surface area contributed by atoms with Gasteiger partial charge in [0.25, 0.3) is 5.56 Å². The van der Waals surface area contributed by atoms with Crippen LogP contribution >= 0.6 is 23.5 Å². The van der Waals surface area contributed by atoms with Crippen molar-refractivity contribution in [2.45, 2.75) is 31.5 Å². The van der Waals surface area contributed by atoms with Gasteiger partial charge in [0.1, 0.15) is 12.2 Å². The minimum absolute atomic E-state index is 0.130. The molecule has 2 aromatic heterocycles. The van der Waals surface area contributed by atoms with E-state index in [1.807, 2.05) is 0 Å². The first kappa shape index (κ1) is 27.5. The number of phosphoric acid groups is 3. The Hall–Kier alpha value is -2.05. The predicted octanol–water partition coefficient (Wildman–Crippen LogP) is -1.76. The van der Waals surface area contributed by atoms with Crippen molar-refractivity contribution in [3.8, 4) is 0 Å². The van der Waals surface area contributed by atoms with Crippen LogP contribution in [0.4, 0.5) is 5.95 Å². The predicted molar refractivity (Wildman–Crippen MR) is 108 cm³/mol. The summed E-state index contributed by atoms with van der Waals surface area (Å²) in [6, 6.07) is 0. The smallest absolute Gasteiger partial charge is 0.455 e. The molecular formula is C12H18N5O15P3. The molecule has 0 radical (unpaired) electrons. The summed E-state index contributed by atoms with van der Waals surface area (Å²) in [5.41, 5.74) is 4.50. The zero-order valence-corrected chi connectivity index (χ0v) is 19.9. The number of aromatic amines is 1. The zero-order valence-electron chi connectivity index (χ0n) is 17.2. The van der Waals surface area contributed by atoms with E-state index in [1.54, 1.807) is 0 Å². The van der Waals surface area contributed by atoms with Crippen molar-refractivity contribution in [3.63, 3.8) is 0 Å². The number of phosphoric ester groups is 1. The summed E-state index contributed by atoms with van der Waals surface area (Å²) < 4.78 is 57.4. The maximum Gasteiger partial charge on any atom is 0.490 e. The molecule has 0 spiro atoms. The molecule has 6 atom stereocenters. The molecule has 23 heteroatoms. The fourth-order valence-corrected chi connectivity index (χ4v) is 6.03. The highest BCUT2D eigenvalue weighted by Gasteiger charge is 2.49. The van der Waals surface area contributed by atoms with Crippen LogP contribution in [-0.2, 0) is 41.1 Å². The van der Waals surface area contributed by atoms with E-state index in [0.29, 0.717) is 0 Å². The van der Waals surface area contributed by atoms with Gasteiger partial charge in [0.2, 0.25) is 5.95 Å². The number of anilines is 1. The Morgan fingerprint density at radius 2 is 1.89 bits per heavy atom. The molecule has 1 aliphatic rings. The van der Waals surface area contributed by atoms with Crippen LogP contribution in [0, 0.1) is 0 Å². The maximum atomic E-state index is 12.0. The maximum absolute atomic E-state index is 12.0. The van der Waals surface area contributed by atoms with Gasteiger partial charge in [-0.2, -0.15) is 13.6 Å². The van der Waals surface area contributed by atoms with Crippen molar-refractivity contribution in [2.24, 2.45) is 0 Å². The van der Waals surface area contributed by atoms with Gasteiger partial charge >= 0.3 is 29.4 Å². The Kier molecular flexibility index (Phi) is 7.69.